The van der Waals surface area contributed by atoms with E-state index >= 15 is 0 Å². The number of sulfone groups is 1. The number of hydrogen-bond donors (Lipinski definition) is 1. The molecule has 1 aliphatic heterocycles. The Morgan fingerprint density at radius 2 is 1.93 bits per heavy atom. The molecule has 3 aromatic rings. The average molecular weight is 425 g/mol. The fourth-order valence-electron chi connectivity index (χ4n) is 3.78. The predicted molar refractivity (Wildman–Crippen MR) is 115 cm³/mol. The average Bonchev–Trinajstić information content (AvgIpc) is 3.20. The van der Waals surface area contributed by atoms with E-state index in [1.165, 1.54) is 23.6 Å². The van der Waals surface area contributed by atoms with Crippen LogP contribution in [0.1, 0.15) is 33.7 Å². The minimum atomic E-state index is -3.57. The molecule has 30 heavy (non-hydrogen) atoms. The first-order chi connectivity index (χ1) is 14.4. The van der Waals surface area contributed by atoms with Gasteiger partial charge in [-0.2, -0.15) is 0 Å². The van der Waals surface area contributed by atoms with E-state index in [1.54, 1.807) is 30.3 Å². The molecule has 1 aliphatic rings. The number of anilines is 1. The smallest absolute Gasteiger partial charge is 0.287 e. The summed E-state index contributed by atoms with van der Waals surface area (Å²) in [7, 11) is -1.48. The fraction of sp³-hybridized carbons (Fsp3) is 0.261. The minimum absolute atomic E-state index is 0.0344. The molecular weight excluding hydrogens is 400 g/mol. The lowest BCUT2D eigenvalue weighted by Crippen LogP contribution is -2.26. The van der Waals surface area contributed by atoms with Crippen molar-refractivity contribution in [2.45, 2.75) is 30.0 Å². The highest BCUT2D eigenvalue weighted by molar-refractivity contribution is 7.90. The monoisotopic (exact) mass is 424 g/mol. The zero-order valence-corrected chi connectivity index (χ0v) is 17.6. The third kappa shape index (κ3) is 4.26. The molecule has 0 aliphatic carbocycles. The Kier molecular flexibility index (Phi) is 5.63. The van der Waals surface area contributed by atoms with Crippen molar-refractivity contribution < 1.29 is 17.6 Å². The van der Waals surface area contributed by atoms with E-state index in [2.05, 4.69) is 29.4 Å². The van der Waals surface area contributed by atoms with Crippen molar-refractivity contribution in [2.24, 2.45) is 0 Å². The molecule has 0 saturated heterocycles. The highest BCUT2D eigenvalue weighted by Gasteiger charge is 2.22. The molecule has 7 heteroatoms. The number of fused-ring (bicyclic) bond motifs is 1. The number of rotatable bonds is 6. The van der Waals surface area contributed by atoms with E-state index in [0.29, 0.717) is 12.1 Å². The number of nitrogens with zero attached hydrogens (tertiary/aromatic N) is 1. The minimum Gasteiger partial charge on any atom is -0.459 e. The quantitative estimate of drug-likeness (QED) is 0.654. The van der Waals surface area contributed by atoms with Crippen LogP contribution in [0.15, 0.2) is 70.2 Å². The number of carbonyl (C=O) groups is 1. The number of carbonyl (C=O) groups excluding carboxylic acids is 1. The molecule has 0 spiro atoms. The summed E-state index contributed by atoms with van der Waals surface area (Å²) in [5.74, 6) is -0.679. The first-order valence-corrected chi connectivity index (χ1v) is 11.5. The second-order valence-corrected chi connectivity index (χ2v) is 9.51. The third-order valence-corrected chi connectivity index (χ3v) is 7.03. The summed E-state index contributed by atoms with van der Waals surface area (Å²) in [4.78, 5) is 15.1. The third-order valence-electron chi connectivity index (χ3n) is 5.35. The van der Waals surface area contributed by atoms with Gasteiger partial charge in [0.15, 0.2) is 15.6 Å². The van der Waals surface area contributed by atoms with Crippen LogP contribution in [-0.4, -0.2) is 27.9 Å². The zero-order chi connectivity index (χ0) is 21.1. The summed E-state index contributed by atoms with van der Waals surface area (Å²) in [6.45, 7) is 1.40. The lowest BCUT2D eigenvalue weighted by Gasteiger charge is -2.27. The van der Waals surface area contributed by atoms with E-state index in [-0.39, 0.29) is 16.4 Å². The second-order valence-electron chi connectivity index (χ2n) is 7.52. The lowest BCUT2D eigenvalue weighted by atomic mass is 9.99. The molecule has 0 unspecified atom stereocenters. The maximum absolute atomic E-state index is 12.7. The van der Waals surface area contributed by atoms with Gasteiger partial charge >= 0.3 is 0 Å². The van der Waals surface area contributed by atoms with Gasteiger partial charge in [-0.25, -0.2) is 8.42 Å². The first kappa shape index (κ1) is 20.2. The van der Waals surface area contributed by atoms with E-state index in [4.69, 9.17) is 4.42 Å². The molecule has 156 valence electrons. The van der Waals surface area contributed by atoms with Crippen molar-refractivity contribution in [3.8, 4) is 0 Å². The Hall–Kier alpha value is -3.06. The van der Waals surface area contributed by atoms with Gasteiger partial charge in [-0.1, -0.05) is 30.3 Å². The Morgan fingerprint density at radius 3 is 2.73 bits per heavy atom. The van der Waals surface area contributed by atoms with Crippen LogP contribution in [0, 0.1) is 0 Å². The second kappa shape index (κ2) is 8.36. The van der Waals surface area contributed by atoms with Gasteiger partial charge in [0.05, 0.1) is 16.9 Å². The van der Waals surface area contributed by atoms with Gasteiger partial charge in [-0.15, -0.1) is 0 Å². The van der Waals surface area contributed by atoms with Crippen molar-refractivity contribution in [1.29, 1.82) is 0 Å². The molecule has 0 radical (unpaired) electrons. The summed E-state index contributed by atoms with van der Waals surface area (Å²) in [6, 6.07) is 15.9. The van der Waals surface area contributed by atoms with Crippen LogP contribution in [-0.2, 0) is 28.6 Å². The number of hydrogen-bond acceptors (Lipinski definition) is 5. The summed E-state index contributed by atoms with van der Waals surface area (Å²) >= 11 is 0. The van der Waals surface area contributed by atoms with Crippen molar-refractivity contribution in [3.05, 3.63) is 83.3 Å². The summed E-state index contributed by atoms with van der Waals surface area (Å²) in [5.41, 5.74) is 3.87. The Labute approximate surface area is 176 Å². The van der Waals surface area contributed by atoms with Crippen molar-refractivity contribution in [2.75, 3.05) is 18.5 Å². The summed E-state index contributed by atoms with van der Waals surface area (Å²) < 4.78 is 30.6. The summed E-state index contributed by atoms with van der Waals surface area (Å²) in [6.07, 6.45) is 3.49. The Bertz CT molecular complexity index is 1150. The van der Waals surface area contributed by atoms with Crippen LogP contribution >= 0.6 is 0 Å². The van der Waals surface area contributed by atoms with E-state index in [0.717, 1.165) is 24.9 Å². The maximum Gasteiger partial charge on any atom is 0.287 e. The molecule has 0 atom stereocenters. The number of aryl methyl sites for hydroxylation is 1. The molecule has 4 rings (SSSR count). The molecule has 0 saturated carbocycles. The largest absolute Gasteiger partial charge is 0.459 e. The van der Waals surface area contributed by atoms with Crippen molar-refractivity contribution in [3.63, 3.8) is 0 Å². The van der Waals surface area contributed by atoms with Gasteiger partial charge in [0, 0.05) is 31.4 Å². The maximum atomic E-state index is 12.7. The van der Waals surface area contributed by atoms with Gasteiger partial charge in [0.1, 0.15) is 0 Å². The van der Waals surface area contributed by atoms with Gasteiger partial charge in [-0.3, -0.25) is 4.79 Å². The lowest BCUT2D eigenvalue weighted by molar-refractivity contribution is 0.0922. The van der Waals surface area contributed by atoms with Crippen LogP contribution < -0.4 is 10.2 Å². The van der Waals surface area contributed by atoms with Crippen LogP contribution in [0.3, 0.4) is 0 Å². The number of furan rings is 1. The molecule has 1 aromatic heterocycles. The number of nitrogens with one attached hydrogen (secondary N) is 1. The molecule has 0 fully saturated rings. The molecular formula is C23H24N2O4S. The predicted octanol–water partition coefficient (Wildman–Crippen LogP) is 3.57. The van der Waals surface area contributed by atoms with Gasteiger partial charge < -0.3 is 14.6 Å². The summed E-state index contributed by atoms with van der Waals surface area (Å²) in [5, 5.41) is 2.84. The zero-order valence-electron chi connectivity index (χ0n) is 16.8. The van der Waals surface area contributed by atoms with Gasteiger partial charge in [0.2, 0.25) is 0 Å². The molecule has 0 bridgehead atoms. The van der Waals surface area contributed by atoms with Crippen LogP contribution in [0.2, 0.25) is 0 Å². The molecule has 1 amide bonds. The van der Waals surface area contributed by atoms with Crippen molar-refractivity contribution >= 4 is 21.4 Å². The first-order valence-electron chi connectivity index (χ1n) is 9.89. The SMILES string of the molecule is CN1CCCc2cc(CNC(=O)c3occc3CS(=O)(=O)c3ccccc3)ccc21. The molecule has 1 N–H and O–H groups in total. The number of benzene rings is 2. The highest BCUT2D eigenvalue weighted by atomic mass is 32.2. The molecule has 2 aromatic carbocycles. The van der Waals surface area contributed by atoms with Crippen LogP contribution in [0.4, 0.5) is 5.69 Å². The van der Waals surface area contributed by atoms with Gasteiger partial charge in [-0.05, 0) is 48.2 Å². The topological polar surface area (TPSA) is 79.6 Å². The normalized spacial score (nSPS) is 13.7. The van der Waals surface area contributed by atoms with Gasteiger partial charge in [0.25, 0.3) is 5.91 Å². The van der Waals surface area contributed by atoms with E-state index in [1.807, 2.05) is 6.07 Å². The van der Waals surface area contributed by atoms with Crippen molar-refractivity contribution in [1.82, 2.24) is 5.32 Å². The Balaban J connectivity index is 1.45. The van der Waals surface area contributed by atoms with Crippen LogP contribution in [0.25, 0.3) is 0 Å². The number of amides is 1. The Morgan fingerprint density at radius 1 is 1.13 bits per heavy atom. The molecule has 2 heterocycles. The van der Waals surface area contributed by atoms with E-state index in [9.17, 15) is 13.2 Å². The molecule has 6 nitrogen and oxygen atoms in total. The van der Waals surface area contributed by atoms with E-state index < -0.39 is 15.7 Å². The fourth-order valence-corrected chi connectivity index (χ4v) is 5.15. The van der Waals surface area contributed by atoms with Crippen LogP contribution in [0.5, 0.6) is 0 Å². The standard InChI is InChI=1S/C23H24N2O4S/c1-25-12-5-6-18-14-17(9-10-21(18)25)15-24-23(26)22-19(11-13-29-22)16-30(27,28)20-7-3-2-4-8-20/h2-4,7-11,13-14H,5-6,12,15-16H2,1H3,(H,24,26). The highest BCUT2D eigenvalue weighted by Crippen LogP contribution is 2.27.